The summed E-state index contributed by atoms with van der Waals surface area (Å²) in [6.07, 6.45) is 0. The van der Waals surface area contributed by atoms with Gasteiger partial charge in [0.25, 0.3) is 0 Å². The number of phenols is 1. The van der Waals surface area contributed by atoms with Crippen LogP contribution in [-0.2, 0) is 6.54 Å². The zero-order chi connectivity index (χ0) is 12.4. The van der Waals surface area contributed by atoms with Crippen LogP contribution in [0.2, 0.25) is 0 Å². The first kappa shape index (κ1) is 13.3. The molecule has 0 aliphatic carbocycles. The van der Waals surface area contributed by atoms with Gasteiger partial charge in [-0.05, 0) is 56.6 Å². The van der Waals surface area contributed by atoms with E-state index in [4.69, 9.17) is 0 Å². The minimum atomic E-state index is 0.270. The lowest BCUT2D eigenvalue weighted by Crippen LogP contribution is -2.43. The Labute approximate surface area is 119 Å². The van der Waals surface area contributed by atoms with Gasteiger partial charge in [0.15, 0.2) is 0 Å². The number of hydrogen-bond acceptors (Lipinski definition) is 3. The van der Waals surface area contributed by atoms with E-state index in [0.717, 1.165) is 41.7 Å². The summed E-state index contributed by atoms with van der Waals surface area (Å²) in [5, 5.41) is 9.66. The molecule has 2 rings (SSSR count). The van der Waals surface area contributed by atoms with Crippen LogP contribution in [0.1, 0.15) is 5.56 Å². The summed E-state index contributed by atoms with van der Waals surface area (Å²) >= 11 is 6.73. The van der Waals surface area contributed by atoms with Gasteiger partial charge in [0.2, 0.25) is 0 Å². The Morgan fingerprint density at radius 3 is 2.18 bits per heavy atom. The molecule has 1 aliphatic heterocycles. The molecule has 3 nitrogen and oxygen atoms in total. The van der Waals surface area contributed by atoms with Crippen LogP contribution in [0.4, 0.5) is 0 Å². The first-order chi connectivity index (χ1) is 8.06. The molecule has 0 aromatic heterocycles. The Kier molecular flexibility index (Phi) is 4.47. The molecule has 1 aromatic rings. The van der Waals surface area contributed by atoms with Crippen molar-refractivity contribution in [3.8, 4) is 5.75 Å². The molecule has 0 bridgehead atoms. The maximum absolute atomic E-state index is 9.66. The number of piperazine rings is 1. The zero-order valence-corrected chi connectivity index (χ0v) is 13.0. The van der Waals surface area contributed by atoms with Gasteiger partial charge in [-0.3, -0.25) is 4.90 Å². The molecule has 0 saturated carbocycles. The van der Waals surface area contributed by atoms with Gasteiger partial charge in [0.1, 0.15) is 5.75 Å². The van der Waals surface area contributed by atoms with Crippen LogP contribution in [0.5, 0.6) is 5.75 Å². The fourth-order valence-corrected chi connectivity index (χ4v) is 3.25. The van der Waals surface area contributed by atoms with Crippen molar-refractivity contribution >= 4 is 31.9 Å². The van der Waals surface area contributed by atoms with Gasteiger partial charge < -0.3 is 10.0 Å². The summed E-state index contributed by atoms with van der Waals surface area (Å²) in [5.41, 5.74) is 1.21. The topological polar surface area (TPSA) is 26.7 Å². The van der Waals surface area contributed by atoms with Gasteiger partial charge in [-0.25, -0.2) is 0 Å². The Balaban J connectivity index is 2.04. The third-order valence-electron chi connectivity index (χ3n) is 3.08. The second kappa shape index (κ2) is 5.69. The van der Waals surface area contributed by atoms with Crippen molar-refractivity contribution in [3.63, 3.8) is 0 Å². The van der Waals surface area contributed by atoms with E-state index >= 15 is 0 Å². The average molecular weight is 364 g/mol. The van der Waals surface area contributed by atoms with E-state index in [1.54, 1.807) is 0 Å². The van der Waals surface area contributed by atoms with Crippen molar-refractivity contribution in [2.45, 2.75) is 6.54 Å². The molecule has 1 heterocycles. The molecule has 0 spiro atoms. The maximum atomic E-state index is 9.66. The molecule has 0 unspecified atom stereocenters. The summed E-state index contributed by atoms with van der Waals surface area (Å²) in [7, 11) is 2.16. The van der Waals surface area contributed by atoms with Crippen LogP contribution in [0.25, 0.3) is 0 Å². The number of hydrogen-bond donors (Lipinski definition) is 1. The number of benzene rings is 1. The Bertz CT molecular complexity index is 380. The normalized spacial score (nSPS) is 18.5. The molecular weight excluding hydrogens is 348 g/mol. The molecule has 94 valence electrons. The second-order valence-electron chi connectivity index (χ2n) is 4.49. The first-order valence-corrected chi connectivity index (χ1v) is 7.22. The van der Waals surface area contributed by atoms with Crippen LogP contribution in [0.15, 0.2) is 21.1 Å². The average Bonchev–Trinajstić information content (AvgIpc) is 2.29. The van der Waals surface area contributed by atoms with Crippen molar-refractivity contribution in [1.82, 2.24) is 9.80 Å². The summed E-state index contributed by atoms with van der Waals surface area (Å²) in [5.74, 6) is 0.270. The smallest absolute Gasteiger partial charge is 0.143 e. The lowest BCUT2D eigenvalue weighted by molar-refractivity contribution is 0.148. The van der Waals surface area contributed by atoms with E-state index in [2.05, 4.69) is 48.7 Å². The van der Waals surface area contributed by atoms with E-state index in [1.165, 1.54) is 5.56 Å². The molecule has 1 aromatic carbocycles. The fourth-order valence-electron chi connectivity index (χ4n) is 1.97. The van der Waals surface area contributed by atoms with Crippen molar-refractivity contribution in [3.05, 3.63) is 26.6 Å². The third kappa shape index (κ3) is 3.44. The van der Waals surface area contributed by atoms with Crippen LogP contribution >= 0.6 is 31.9 Å². The van der Waals surface area contributed by atoms with Gasteiger partial charge >= 0.3 is 0 Å². The largest absolute Gasteiger partial charge is 0.506 e. The number of phenolic OH excluding ortho intramolecular Hbond substituents is 1. The van der Waals surface area contributed by atoms with Crippen molar-refractivity contribution in [2.24, 2.45) is 0 Å². The first-order valence-electron chi connectivity index (χ1n) is 5.64. The molecule has 0 atom stereocenters. The lowest BCUT2D eigenvalue weighted by Gasteiger charge is -2.32. The summed E-state index contributed by atoms with van der Waals surface area (Å²) in [6.45, 7) is 5.39. The fraction of sp³-hybridized carbons (Fsp3) is 0.500. The molecule has 17 heavy (non-hydrogen) atoms. The molecule has 5 heteroatoms. The summed E-state index contributed by atoms with van der Waals surface area (Å²) in [6, 6.07) is 3.97. The SMILES string of the molecule is CN1CCN(Cc2cc(Br)c(O)c(Br)c2)CC1. The summed E-state index contributed by atoms with van der Waals surface area (Å²) < 4.78 is 1.49. The molecule has 1 saturated heterocycles. The molecule has 1 fully saturated rings. The molecule has 1 aliphatic rings. The van der Waals surface area contributed by atoms with Crippen molar-refractivity contribution in [1.29, 1.82) is 0 Å². The predicted octanol–water partition coefficient (Wildman–Crippen LogP) is 2.66. The van der Waals surface area contributed by atoms with Gasteiger partial charge in [-0.2, -0.15) is 0 Å². The number of likely N-dealkylation sites (N-methyl/N-ethyl adjacent to an activating group) is 1. The van der Waals surface area contributed by atoms with Gasteiger partial charge in [0.05, 0.1) is 8.95 Å². The second-order valence-corrected chi connectivity index (χ2v) is 6.20. The van der Waals surface area contributed by atoms with E-state index in [1.807, 2.05) is 12.1 Å². The highest BCUT2D eigenvalue weighted by Crippen LogP contribution is 2.33. The van der Waals surface area contributed by atoms with E-state index in [-0.39, 0.29) is 5.75 Å². The standard InChI is InChI=1S/C12H16Br2N2O/c1-15-2-4-16(5-3-15)8-9-6-10(13)12(17)11(14)7-9/h6-7,17H,2-5,8H2,1H3. The number of halogens is 2. The quantitative estimate of drug-likeness (QED) is 0.875. The molecule has 1 N–H and O–H groups in total. The van der Waals surface area contributed by atoms with E-state index in [0.29, 0.717) is 0 Å². The van der Waals surface area contributed by atoms with E-state index in [9.17, 15) is 5.11 Å². The van der Waals surface area contributed by atoms with Crippen LogP contribution in [0.3, 0.4) is 0 Å². The van der Waals surface area contributed by atoms with Gasteiger partial charge in [-0.15, -0.1) is 0 Å². The monoisotopic (exact) mass is 362 g/mol. The van der Waals surface area contributed by atoms with E-state index < -0.39 is 0 Å². The van der Waals surface area contributed by atoms with Crippen LogP contribution in [-0.4, -0.2) is 48.1 Å². The van der Waals surface area contributed by atoms with Crippen molar-refractivity contribution in [2.75, 3.05) is 33.2 Å². The highest BCUT2D eigenvalue weighted by atomic mass is 79.9. The highest BCUT2D eigenvalue weighted by Gasteiger charge is 2.15. The van der Waals surface area contributed by atoms with Crippen LogP contribution < -0.4 is 0 Å². The third-order valence-corrected chi connectivity index (χ3v) is 4.29. The number of nitrogens with zero attached hydrogens (tertiary/aromatic N) is 2. The molecule has 0 amide bonds. The molecule has 0 radical (unpaired) electrons. The Hall–Kier alpha value is -0.100. The molecular formula is C12H16Br2N2O. The number of aromatic hydroxyl groups is 1. The minimum absolute atomic E-state index is 0.270. The lowest BCUT2D eigenvalue weighted by atomic mass is 10.2. The minimum Gasteiger partial charge on any atom is -0.506 e. The Morgan fingerprint density at radius 2 is 1.65 bits per heavy atom. The van der Waals surface area contributed by atoms with Crippen LogP contribution in [0, 0.1) is 0 Å². The Morgan fingerprint density at radius 1 is 1.12 bits per heavy atom. The number of rotatable bonds is 2. The maximum Gasteiger partial charge on any atom is 0.143 e. The predicted molar refractivity (Wildman–Crippen MR) is 76.3 cm³/mol. The zero-order valence-electron chi connectivity index (χ0n) is 9.79. The van der Waals surface area contributed by atoms with Gasteiger partial charge in [-0.1, -0.05) is 0 Å². The van der Waals surface area contributed by atoms with Gasteiger partial charge in [0, 0.05) is 32.7 Å². The van der Waals surface area contributed by atoms with Crippen molar-refractivity contribution < 1.29 is 5.11 Å². The highest BCUT2D eigenvalue weighted by molar-refractivity contribution is 9.11. The summed E-state index contributed by atoms with van der Waals surface area (Å²) in [4.78, 5) is 4.78.